The maximum Gasteiger partial charge on any atom is 0.261 e. The minimum atomic E-state index is -0.215. The second kappa shape index (κ2) is 11.0. The van der Waals surface area contributed by atoms with Gasteiger partial charge >= 0.3 is 0 Å². The Bertz CT molecular complexity index is 3650. The molecule has 0 saturated heterocycles. The van der Waals surface area contributed by atoms with Crippen LogP contribution in [0.5, 0.6) is 46.0 Å². The molecule has 1 aromatic heterocycles. The van der Waals surface area contributed by atoms with Crippen LogP contribution in [0.1, 0.15) is 37.2 Å². The predicted molar refractivity (Wildman–Crippen MR) is 254 cm³/mol. The molecular formula is C54H33B3N2O4. The third-order valence-corrected chi connectivity index (χ3v) is 16.0. The van der Waals surface area contributed by atoms with Crippen molar-refractivity contribution in [1.29, 1.82) is 0 Å². The van der Waals surface area contributed by atoms with Crippen molar-refractivity contribution in [2.75, 3.05) is 4.90 Å². The van der Waals surface area contributed by atoms with Crippen molar-refractivity contribution >= 4 is 102 Å². The predicted octanol–water partition coefficient (Wildman–Crippen LogP) is 6.56. The lowest BCUT2D eigenvalue weighted by atomic mass is 9.29. The summed E-state index contributed by atoms with van der Waals surface area (Å²) in [4.78, 5) is 2.76. The molecule has 8 aromatic carbocycles. The highest BCUT2D eigenvalue weighted by Crippen LogP contribution is 2.56. The zero-order valence-electron chi connectivity index (χ0n) is 34.0. The summed E-state index contributed by atoms with van der Waals surface area (Å²) in [6, 6.07) is 51.1. The number of ether oxygens (including phenoxy) is 4. The van der Waals surface area contributed by atoms with Gasteiger partial charge in [-0.05, 0) is 93.0 Å². The average molecular weight is 806 g/mol. The molecule has 2 atom stereocenters. The van der Waals surface area contributed by atoms with Gasteiger partial charge in [0, 0.05) is 62.9 Å². The molecule has 0 radical (unpaired) electrons. The van der Waals surface area contributed by atoms with Gasteiger partial charge in [-0.2, -0.15) is 0 Å². The van der Waals surface area contributed by atoms with Crippen molar-refractivity contribution in [3.05, 3.63) is 145 Å². The molecule has 0 amide bonds. The number of benzene rings is 8. The van der Waals surface area contributed by atoms with E-state index in [0.29, 0.717) is 12.0 Å². The number of nitrogens with zero attached hydrogens (tertiary/aromatic N) is 2. The molecule has 292 valence electrons. The summed E-state index contributed by atoms with van der Waals surface area (Å²) in [5, 5.41) is 2.60. The minimum Gasteiger partial charge on any atom is -0.459 e. The maximum atomic E-state index is 7.48. The van der Waals surface area contributed by atoms with E-state index in [1.807, 2.05) is 0 Å². The molecule has 0 N–H and O–H groups in total. The van der Waals surface area contributed by atoms with E-state index in [9.17, 15) is 0 Å². The quantitative estimate of drug-likeness (QED) is 0.163. The van der Waals surface area contributed by atoms with Crippen LogP contribution >= 0.6 is 0 Å². The first-order valence-corrected chi connectivity index (χ1v) is 22.7. The van der Waals surface area contributed by atoms with Crippen LogP contribution in [0, 0.1) is 0 Å². The SMILES string of the molecule is c1ccc2c(c1)Oc1cc3c(c4c1B2c1ccccc1O4)B1c2c(cc4c5c2Oc2ccccc2B5c2ccccc2O4)-n2c4ccccc4c4cc5c(c1c42)N3C1CCCCC51. The summed E-state index contributed by atoms with van der Waals surface area (Å²) in [5.74, 6) is 7.58. The summed E-state index contributed by atoms with van der Waals surface area (Å²) in [5.41, 5.74) is 18.2. The zero-order chi connectivity index (χ0) is 40.4. The average Bonchev–Trinajstić information content (AvgIpc) is 3.85. The lowest BCUT2D eigenvalue weighted by molar-refractivity contribution is 0.402. The Labute approximate surface area is 363 Å². The number of aromatic nitrogens is 1. The molecule has 1 fully saturated rings. The van der Waals surface area contributed by atoms with Gasteiger partial charge in [-0.1, -0.05) is 104 Å². The van der Waals surface area contributed by atoms with Gasteiger partial charge in [0.15, 0.2) is 0 Å². The molecule has 63 heavy (non-hydrogen) atoms. The fraction of sp³-hybridized carbons (Fsp3) is 0.111. The van der Waals surface area contributed by atoms with Crippen LogP contribution in [-0.4, -0.2) is 30.7 Å². The zero-order valence-corrected chi connectivity index (χ0v) is 34.0. The summed E-state index contributed by atoms with van der Waals surface area (Å²) in [6.07, 6.45) is 4.78. The van der Waals surface area contributed by atoms with Crippen molar-refractivity contribution < 1.29 is 18.9 Å². The van der Waals surface area contributed by atoms with Crippen LogP contribution in [0.2, 0.25) is 0 Å². The van der Waals surface area contributed by atoms with Crippen molar-refractivity contribution in [3.63, 3.8) is 0 Å². The number of rotatable bonds is 0. The molecule has 0 spiro atoms. The summed E-state index contributed by atoms with van der Waals surface area (Å²) in [6.45, 7) is -0.313. The Morgan fingerprint density at radius 2 is 0.968 bits per heavy atom. The maximum absolute atomic E-state index is 7.48. The Morgan fingerprint density at radius 1 is 0.444 bits per heavy atom. The molecule has 8 heterocycles. The van der Waals surface area contributed by atoms with Crippen LogP contribution in [0.3, 0.4) is 0 Å². The smallest absolute Gasteiger partial charge is 0.261 e. The molecule has 1 saturated carbocycles. The highest BCUT2D eigenvalue weighted by molar-refractivity contribution is 7.05. The third-order valence-electron chi connectivity index (χ3n) is 16.0. The van der Waals surface area contributed by atoms with Crippen LogP contribution in [0.4, 0.5) is 11.4 Å². The van der Waals surface area contributed by atoms with Crippen molar-refractivity contribution in [1.82, 2.24) is 4.57 Å². The largest absolute Gasteiger partial charge is 0.459 e. The molecule has 1 aliphatic carbocycles. The molecule has 2 unspecified atom stereocenters. The fourth-order valence-electron chi connectivity index (χ4n) is 13.8. The fourth-order valence-corrected chi connectivity index (χ4v) is 13.8. The molecule has 9 aromatic rings. The first-order chi connectivity index (χ1) is 31.3. The van der Waals surface area contributed by atoms with Crippen molar-refractivity contribution in [2.24, 2.45) is 0 Å². The van der Waals surface area contributed by atoms with Gasteiger partial charge in [0.1, 0.15) is 46.0 Å². The lowest BCUT2D eigenvalue weighted by Crippen LogP contribution is -2.66. The van der Waals surface area contributed by atoms with E-state index in [-0.39, 0.29) is 20.1 Å². The van der Waals surface area contributed by atoms with Crippen LogP contribution in [0.15, 0.2) is 140 Å². The van der Waals surface area contributed by atoms with E-state index in [0.717, 1.165) is 80.0 Å². The number of anilines is 2. The van der Waals surface area contributed by atoms with Gasteiger partial charge < -0.3 is 28.4 Å². The first-order valence-electron chi connectivity index (χ1n) is 22.7. The Kier molecular flexibility index (Phi) is 5.69. The summed E-state index contributed by atoms with van der Waals surface area (Å²) in [7, 11) is 0. The van der Waals surface area contributed by atoms with E-state index in [2.05, 4.69) is 149 Å². The van der Waals surface area contributed by atoms with E-state index in [1.54, 1.807) is 0 Å². The topological polar surface area (TPSA) is 45.1 Å². The normalized spacial score (nSPS) is 18.6. The Morgan fingerprint density at radius 3 is 1.60 bits per heavy atom. The molecule has 9 heteroatoms. The molecule has 8 aliphatic rings. The van der Waals surface area contributed by atoms with Gasteiger partial charge in [-0.25, -0.2) is 0 Å². The number of hydrogen-bond acceptors (Lipinski definition) is 5. The van der Waals surface area contributed by atoms with Gasteiger partial charge in [-0.3, -0.25) is 0 Å². The molecule has 7 aliphatic heterocycles. The van der Waals surface area contributed by atoms with E-state index < -0.39 is 0 Å². The minimum absolute atomic E-state index is 0.0437. The van der Waals surface area contributed by atoms with Crippen LogP contribution < -0.4 is 73.0 Å². The van der Waals surface area contributed by atoms with E-state index >= 15 is 0 Å². The molecular weight excluding hydrogens is 773 g/mol. The molecule has 17 rings (SSSR count). The van der Waals surface area contributed by atoms with Crippen LogP contribution in [-0.2, 0) is 0 Å². The highest BCUT2D eigenvalue weighted by Gasteiger charge is 2.56. The summed E-state index contributed by atoms with van der Waals surface area (Å²) < 4.78 is 31.6. The molecule has 0 bridgehead atoms. The Hall–Kier alpha value is -7.25. The standard InChI is InChI=1S/C54H33B3N2O4/c1-7-19-36-28(13-1)30-25-31-29-14-2-8-20-37(29)59-39-27-45-49-54(63-43-24-12-6-18-35(43)56(49)33-16-4-10-22-41(33)61-45)47(39)57-46-38(58(36)51(30)50(57)52(31)59)26-44-48-53(46)62-42-23-11-5-17-34(42)55(48)32-15-3-9-21-40(32)60-44/h1,3-7,9-13,15-19,21-27,29,37H,2,8,14,20H2. The second-order valence-corrected chi connectivity index (χ2v) is 18.8. The van der Waals surface area contributed by atoms with Gasteiger partial charge in [0.25, 0.3) is 20.1 Å². The Balaban J connectivity index is 1.07. The number of fused-ring (bicyclic) bond motifs is 22. The van der Waals surface area contributed by atoms with Crippen molar-refractivity contribution in [3.8, 4) is 51.7 Å². The van der Waals surface area contributed by atoms with E-state index in [1.165, 1.54) is 85.3 Å². The summed E-state index contributed by atoms with van der Waals surface area (Å²) >= 11 is 0. The van der Waals surface area contributed by atoms with Gasteiger partial charge in [-0.15, -0.1) is 0 Å². The van der Waals surface area contributed by atoms with E-state index in [4.69, 9.17) is 18.9 Å². The second-order valence-electron chi connectivity index (χ2n) is 18.8. The number of para-hydroxylation sites is 5. The third kappa shape index (κ3) is 3.71. The first kappa shape index (κ1) is 32.5. The van der Waals surface area contributed by atoms with Gasteiger partial charge in [0.2, 0.25) is 0 Å². The monoisotopic (exact) mass is 806 g/mol. The van der Waals surface area contributed by atoms with Crippen LogP contribution in [0.25, 0.3) is 27.5 Å². The molecule has 6 nitrogen and oxygen atoms in total. The highest BCUT2D eigenvalue weighted by atomic mass is 16.5. The lowest BCUT2D eigenvalue weighted by Gasteiger charge is -2.45. The van der Waals surface area contributed by atoms with Gasteiger partial charge in [0.05, 0.1) is 11.0 Å². The van der Waals surface area contributed by atoms with Crippen molar-refractivity contribution in [2.45, 2.75) is 37.6 Å². The number of hydrogen-bond donors (Lipinski definition) is 0.